The van der Waals surface area contributed by atoms with E-state index >= 15 is 0 Å². The number of aromatic nitrogens is 1. The van der Waals surface area contributed by atoms with E-state index in [1.807, 2.05) is 30.3 Å². The molecule has 0 aliphatic carbocycles. The number of hydrogen-bond donors (Lipinski definition) is 13. The number of nitrogens with two attached hydrogens (primary N) is 1. The molecule has 4 aromatic rings. The second kappa shape index (κ2) is 31.3. The third-order valence-corrected chi connectivity index (χ3v) is 15.4. The zero-order valence-corrected chi connectivity index (χ0v) is 47.6. The number of fused-ring (bicyclic) bond motifs is 1. The van der Waals surface area contributed by atoms with E-state index in [1.165, 1.54) is 20.8 Å². The van der Waals surface area contributed by atoms with Crippen molar-refractivity contribution < 1.29 is 58.4 Å². The number of rotatable bonds is 19. The van der Waals surface area contributed by atoms with Gasteiger partial charge in [-0.1, -0.05) is 113 Å². The van der Waals surface area contributed by atoms with Gasteiger partial charge in [0.15, 0.2) is 0 Å². The van der Waals surface area contributed by atoms with Crippen LogP contribution in [0.5, 0.6) is 0 Å². The monoisotopic (exact) mass is 1150 g/mol. The molecule has 3 aromatic carbocycles. The average molecular weight is 1150 g/mol. The zero-order chi connectivity index (χ0) is 58.5. The molecule has 0 radical (unpaired) electrons. The summed E-state index contributed by atoms with van der Waals surface area (Å²) in [6.45, 7) is 9.39. The normalized spacial score (nSPS) is 22.1. The number of amides is 8. The van der Waals surface area contributed by atoms with Crippen LogP contribution in [-0.4, -0.2) is 158 Å². The second-order valence-electron chi connectivity index (χ2n) is 20.9. The highest BCUT2D eigenvalue weighted by Crippen LogP contribution is 2.25. The Balaban J connectivity index is 1.56. The number of unbranched alkanes of at least 4 members (excludes halogenated alkanes) is 2. The molecule has 1 saturated heterocycles. The van der Waals surface area contributed by atoms with Gasteiger partial charge < -0.3 is 73.3 Å². The summed E-state index contributed by atoms with van der Waals surface area (Å²) in [5.41, 5.74) is 8.46. The van der Waals surface area contributed by atoms with E-state index < -0.39 is 120 Å². The predicted molar refractivity (Wildman–Crippen MR) is 306 cm³/mol. The lowest BCUT2D eigenvalue weighted by molar-refractivity contribution is -0.136. The van der Waals surface area contributed by atoms with Gasteiger partial charge in [0.1, 0.15) is 41.9 Å². The summed E-state index contributed by atoms with van der Waals surface area (Å²) in [6.07, 6.45) is -1.87. The molecular weight excluding hydrogens is 1070 g/mol. The summed E-state index contributed by atoms with van der Waals surface area (Å²) in [4.78, 5) is 117. The molecule has 0 saturated carbocycles. The minimum absolute atomic E-state index is 0.0281. The van der Waals surface area contributed by atoms with E-state index in [4.69, 9.17) is 10.5 Å². The molecule has 1 aliphatic heterocycles. The van der Waals surface area contributed by atoms with Gasteiger partial charge in [-0.15, -0.1) is 0 Å². The van der Waals surface area contributed by atoms with Gasteiger partial charge in [0.05, 0.1) is 30.4 Å². The number of aliphatic hydroxyl groups excluding tert-OH is 3. The van der Waals surface area contributed by atoms with Crippen molar-refractivity contribution >= 4 is 79.9 Å². The summed E-state index contributed by atoms with van der Waals surface area (Å²) in [5.74, 6) is -6.24. The molecule has 14 N–H and O–H groups in total. The molecule has 22 nitrogen and oxygen atoms in total. The first kappa shape index (κ1) is 64.1. The van der Waals surface area contributed by atoms with Crippen molar-refractivity contribution in [1.29, 1.82) is 0 Å². The maximum atomic E-state index is 14.9. The maximum absolute atomic E-state index is 14.9. The van der Waals surface area contributed by atoms with Crippen LogP contribution in [0.25, 0.3) is 10.9 Å². The summed E-state index contributed by atoms with van der Waals surface area (Å²) in [5, 5.41) is 54.3. The van der Waals surface area contributed by atoms with Crippen LogP contribution in [0.15, 0.2) is 91.1 Å². The second-order valence-corrected chi connectivity index (χ2v) is 23.5. The minimum Gasteiger partial charge on any atom is -0.444 e. The number of carbonyl (C=O) groups is 8. The van der Waals surface area contributed by atoms with Crippen LogP contribution in [0.1, 0.15) is 83.9 Å². The highest BCUT2D eigenvalue weighted by molar-refractivity contribution is 8.76. The molecule has 436 valence electrons. The Morgan fingerprint density at radius 2 is 1.26 bits per heavy atom. The quantitative estimate of drug-likeness (QED) is 0.0468. The van der Waals surface area contributed by atoms with Gasteiger partial charge in [-0.25, -0.2) is 4.79 Å². The SMILES string of the molecule is CC(O)C(NC(=O)[C@@H]1CSSC[C@H](NC(=O)[C@H](N)Cc2ccccc2)C(=O)N[C@@H](Cc2ccccc2)C(=O)N[C@H](Cc2c[nH]c3ccccc23)C(=O)N[C@@H](CCCCCNC(=O)OC(C)(C)C)C(=O)N[C@@H]([C@@H](C)O)C(=O)N1)[C@@H](C)O. The van der Waals surface area contributed by atoms with Gasteiger partial charge in [-0.2, -0.15) is 0 Å². The van der Waals surface area contributed by atoms with Crippen LogP contribution < -0.4 is 48.3 Å². The molecule has 80 heavy (non-hydrogen) atoms. The van der Waals surface area contributed by atoms with Crippen molar-refractivity contribution in [3.8, 4) is 0 Å². The van der Waals surface area contributed by atoms with Gasteiger partial charge in [0.2, 0.25) is 41.4 Å². The third kappa shape index (κ3) is 20.8. The number of aliphatic hydroxyl groups is 3. The van der Waals surface area contributed by atoms with Gasteiger partial charge in [-0.05, 0) is 83.6 Å². The zero-order valence-electron chi connectivity index (χ0n) is 46.0. The minimum atomic E-state index is -1.72. The Hall–Kier alpha value is -6.70. The first-order chi connectivity index (χ1) is 38.0. The van der Waals surface area contributed by atoms with Gasteiger partial charge in [0, 0.05) is 48.0 Å². The predicted octanol–water partition coefficient (Wildman–Crippen LogP) is 1.54. The van der Waals surface area contributed by atoms with E-state index in [0.717, 1.165) is 38.1 Å². The van der Waals surface area contributed by atoms with Crippen molar-refractivity contribution in [2.24, 2.45) is 5.73 Å². The lowest BCUT2D eigenvalue weighted by atomic mass is 10.0. The summed E-state index contributed by atoms with van der Waals surface area (Å²) in [6, 6.07) is 14.2. The van der Waals surface area contributed by atoms with Crippen LogP contribution in [0.4, 0.5) is 4.79 Å². The number of carbonyl (C=O) groups excluding carboxylic acids is 8. The van der Waals surface area contributed by atoms with Crippen molar-refractivity contribution in [2.75, 3.05) is 18.1 Å². The molecule has 5 rings (SSSR count). The summed E-state index contributed by atoms with van der Waals surface area (Å²) in [7, 11) is 2.04. The Labute approximate surface area is 474 Å². The highest BCUT2D eigenvalue weighted by Gasteiger charge is 2.37. The number of H-pyrrole nitrogens is 1. The molecule has 1 aliphatic rings. The molecule has 0 bridgehead atoms. The van der Waals surface area contributed by atoms with Gasteiger partial charge in [0.25, 0.3) is 0 Å². The smallest absolute Gasteiger partial charge is 0.407 e. The number of para-hydroxylation sites is 1. The standard InChI is InChI=1S/C56H78N10O12S2/c1-32(67)46(33(2)68)65-53(75)45-31-80-79-30-44(63-48(70)39(57)26-35-18-10-7-11-19-35)52(74)61-42(27-36-20-12-8-13-21-36)50(72)62-43(28-37-29-59-40-23-16-15-22-38(37)40)51(73)60-41(49(71)66-47(34(3)69)54(76)64-45)24-14-9-17-25-58-55(77)78-56(4,5)6/h7-8,10-13,15-16,18-23,29,32-34,39,41-47,59,67-69H,9,14,17,24-28,30-31,57H2,1-6H3,(H,58,77)(H,60,73)(H,61,74)(H,62,72)(H,63,70)(H,64,76)(H,65,75)(H,66,71)/t32-,33?,34-,39-,41+,42+,43-,44+,45+,46?,47+/m1/s1. The molecule has 2 heterocycles. The first-order valence-electron chi connectivity index (χ1n) is 26.8. The number of aromatic amines is 1. The van der Waals surface area contributed by atoms with E-state index in [1.54, 1.807) is 81.6 Å². The fraction of sp³-hybridized carbons (Fsp3) is 0.500. The first-order valence-corrected chi connectivity index (χ1v) is 29.2. The Morgan fingerprint density at radius 3 is 1.90 bits per heavy atom. The van der Waals surface area contributed by atoms with Crippen molar-refractivity contribution in [2.45, 2.75) is 159 Å². The number of nitrogens with one attached hydrogen (secondary N) is 9. The third-order valence-electron chi connectivity index (χ3n) is 13.0. The molecule has 2 unspecified atom stereocenters. The van der Waals surface area contributed by atoms with Gasteiger partial charge in [-0.3, -0.25) is 33.6 Å². The molecular formula is C56H78N10O12S2. The van der Waals surface area contributed by atoms with Crippen LogP contribution in [0, 0.1) is 0 Å². The Bertz CT molecular complexity index is 2680. The van der Waals surface area contributed by atoms with Gasteiger partial charge >= 0.3 is 6.09 Å². The lowest BCUT2D eigenvalue weighted by Gasteiger charge is -2.30. The van der Waals surface area contributed by atoms with Crippen LogP contribution in [0.3, 0.4) is 0 Å². The lowest BCUT2D eigenvalue weighted by Crippen LogP contribution is -2.62. The Morgan fingerprint density at radius 1 is 0.688 bits per heavy atom. The van der Waals surface area contributed by atoms with E-state index in [9.17, 15) is 53.7 Å². The van der Waals surface area contributed by atoms with E-state index in [2.05, 4.69) is 47.5 Å². The fourth-order valence-corrected chi connectivity index (χ4v) is 11.0. The van der Waals surface area contributed by atoms with Crippen molar-refractivity contribution in [3.05, 3.63) is 108 Å². The van der Waals surface area contributed by atoms with E-state index in [0.29, 0.717) is 30.4 Å². The molecule has 1 aromatic heterocycles. The Kier molecular flexibility index (Phi) is 25.1. The molecule has 24 heteroatoms. The molecule has 11 atom stereocenters. The maximum Gasteiger partial charge on any atom is 0.407 e. The summed E-state index contributed by atoms with van der Waals surface area (Å²) < 4.78 is 5.32. The largest absolute Gasteiger partial charge is 0.444 e. The van der Waals surface area contributed by atoms with Crippen molar-refractivity contribution in [1.82, 2.24) is 47.5 Å². The topological polar surface area (TPSA) is 345 Å². The molecule has 8 amide bonds. The molecule has 0 spiro atoms. The fourth-order valence-electron chi connectivity index (χ4n) is 8.70. The number of alkyl carbamates (subject to hydrolysis) is 1. The van der Waals surface area contributed by atoms with Crippen LogP contribution in [0.2, 0.25) is 0 Å². The molecule has 1 fully saturated rings. The van der Waals surface area contributed by atoms with Crippen LogP contribution >= 0.6 is 21.6 Å². The number of benzene rings is 3. The average Bonchev–Trinajstić information content (AvgIpc) is 3.82. The van der Waals surface area contributed by atoms with Crippen LogP contribution in [-0.2, 0) is 57.6 Å². The van der Waals surface area contributed by atoms with Crippen molar-refractivity contribution in [3.63, 3.8) is 0 Å². The number of hydrogen-bond acceptors (Lipinski definition) is 15. The van der Waals surface area contributed by atoms with E-state index in [-0.39, 0.29) is 43.7 Å². The summed E-state index contributed by atoms with van der Waals surface area (Å²) >= 11 is 0. The highest BCUT2D eigenvalue weighted by atomic mass is 33.1. The number of ether oxygens (including phenoxy) is 1.